The maximum atomic E-state index is 9.41. The Balaban J connectivity index is 2.63. The minimum atomic E-state index is -0.971. The lowest BCUT2D eigenvalue weighted by Crippen LogP contribution is -2.61. The van der Waals surface area contributed by atoms with Crippen LogP contribution >= 0.6 is 0 Å². The zero-order chi connectivity index (χ0) is 9.30. The van der Waals surface area contributed by atoms with Gasteiger partial charge in [0.05, 0.1) is 18.2 Å². The molecule has 72 valence electrons. The standard InChI is InChI=1S/C7H16N2O3/c1-3-5(9)7(11)6(10)4(2-8)12-3/h3-7,10-11H,2,8-9H2,1H3/t3?,4-,5-,6+,7?/m1/s1. The van der Waals surface area contributed by atoms with E-state index in [0.29, 0.717) is 0 Å². The first-order valence-corrected chi connectivity index (χ1v) is 4.05. The molecule has 0 aromatic heterocycles. The van der Waals surface area contributed by atoms with Crippen LogP contribution in [-0.2, 0) is 4.74 Å². The van der Waals surface area contributed by atoms with Gasteiger partial charge in [-0.2, -0.15) is 0 Å². The van der Waals surface area contributed by atoms with E-state index in [0.717, 1.165) is 0 Å². The van der Waals surface area contributed by atoms with E-state index in [2.05, 4.69) is 0 Å². The van der Waals surface area contributed by atoms with Crippen LogP contribution in [0.1, 0.15) is 6.92 Å². The average Bonchev–Trinajstić information content (AvgIpc) is 2.08. The highest BCUT2D eigenvalue weighted by molar-refractivity contribution is 4.93. The molecule has 6 N–H and O–H groups in total. The molecule has 5 atom stereocenters. The molecular weight excluding hydrogens is 160 g/mol. The molecule has 0 amide bonds. The van der Waals surface area contributed by atoms with Gasteiger partial charge in [0.15, 0.2) is 0 Å². The van der Waals surface area contributed by atoms with Crippen molar-refractivity contribution in [3.05, 3.63) is 0 Å². The van der Waals surface area contributed by atoms with Crippen molar-refractivity contribution in [3.8, 4) is 0 Å². The monoisotopic (exact) mass is 176 g/mol. The fourth-order valence-corrected chi connectivity index (χ4v) is 1.37. The number of nitrogens with two attached hydrogens (primary N) is 2. The molecule has 0 aliphatic carbocycles. The third-order valence-corrected chi connectivity index (χ3v) is 2.29. The summed E-state index contributed by atoms with van der Waals surface area (Å²) in [7, 11) is 0. The van der Waals surface area contributed by atoms with Gasteiger partial charge in [-0.05, 0) is 6.92 Å². The largest absolute Gasteiger partial charge is 0.389 e. The Hall–Kier alpha value is -0.200. The Morgan fingerprint density at radius 3 is 2.42 bits per heavy atom. The van der Waals surface area contributed by atoms with E-state index in [4.69, 9.17) is 16.2 Å². The molecule has 2 unspecified atom stereocenters. The normalized spacial score (nSPS) is 49.2. The number of hydrogen-bond donors (Lipinski definition) is 4. The minimum Gasteiger partial charge on any atom is -0.389 e. The van der Waals surface area contributed by atoms with E-state index in [1.54, 1.807) is 6.92 Å². The quantitative estimate of drug-likeness (QED) is 0.362. The molecule has 12 heavy (non-hydrogen) atoms. The molecule has 0 saturated carbocycles. The summed E-state index contributed by atoms with van der Waals surface area (Å²) in [6.07, 6.45) is -2.68. The van der Waals surface area contributed by atoms with Crippen molar-refractivity contribution >= 4 is 0 Å². The SMILES string of the molecule is CC1O[C@H](CN)[C@H](O)C(O)[C@@H]1N. The van der Waals surface area contributed by atoms with Crippen molar-refractivity contribution in [2.24, 2.45) is 11.5 Å². The second-order valence-electron chi connectivity index (χ2n) is 3.17. The number of rotatable bonds is 1. The molecule has 1 aliphatic heterocycles. The van der Waals surface area contributed by atoms with Crippen LogP contribution in [0.4, 0.5) is 0 Å². The van der Waals surface area contributed by atoms with Crippen LogP contribution in [0.15, 0.2) is 0 Å². The van der Waals surface area contributed by atoms with E-state index in [1.165, 1.54) is 0 Å². The first-order chi connectivity index (χ1) is 5.57. The van der Waals surface area contributed by atoms with Crippen LogP contribution in [0.5, 0.6) is 0 Å². The molecule has 5 nitrogen and oxygen atoms in total. The zero-order valence-corrected chi connectivity index (χ0v) is 7.05. The topological polar surface area (TPSA) is 102 Å². The van der Waals surface area contributed by atoms with Gasteiger partial charge in [0.2, 0.25) is 0 Å². The van der Waals surface area contributed by atoms with E-state index < -0.39 is 24.4 Å². The van der Waals surface area contributed by atoms with E-state index in [-0.39, 0.29) is 12.6 Å². The lowest BCUT2D eigenvalue weighted by atomic mass is 9.94. The van der Waals surface area contributed by atoms with E-state index in [9.17, 15) is 10.2 Å². The maximum Gasteiger partial charge on any atom is 0.109 e. The Bertz CT molecular complexity index is 151. The van der Waals surface area contributed by atoms with Gasteiger partial charge in [0.25, 0.3) is 0 Å². The molecule has 0 bridgehead atoms. The predicted molar refractivity (Wildman–Crippen MR) is 43.4 cm³/mol. The summed E-state index contributed by atoms with van der Waals surface area (Å²) >= 11 is 0. The number of ether oxygens (including phenoxy) is 1. The fourth-order valence-electron chi connectivity index (χ4n) is 1.37. The van der Waals surface area contributed by atoms with Gasteiger partial charge in [0.1, 0.15) is 12.2 Å². The lowest BCUT2D eigenvalue weighted by molar-refractivity contribution is -0.169. The van der Waals surface area contributed by atoms with Crippen molar-refractivity contribution < 1.29 is 14.9 Å². The highest BCUT2D eigenvalue weighted by Crippen LogP contribution is 2.18. The van der Waals surface area contributed by atoms with Gasteiger partial charge >= 0.3 is 0 Å². The molecule has 0 radical (unpaired) electrons. The van der Waals surface area contributed by atoms with Crippen molar-refractivity contribution in [3.63, 3.8) is 0 Å². The highest BCUT2D eigenvalue weighted by atomic mass is 16.5. The predicted octanol–water partition coefficient (Wildman–Crippen LogP) is -2.22. The van der Waals surface area contributed by atoms with Gasteiger partial charge in [-0.25, -0.2) is 0 Å². The summed E-state index contributed by atoms with van der Waals surface area (Å²) in [5, 5.41) is 18.8. The molecule has 1 fully saturated rings. The van der Waals surface area contributed by atoms with Gasteiger partial charge in [-0.3, -0.25) is 0 Å². The molecule has 5 heteroatoms. The fraction of sp³-hybridized carbons (Fsp3) is 1.00. The molecule has 1 saturated heterocycles. The Morgan fingerprint density at radius 1 is 1.33 bits per heavy atom. The Kier molecular flexibility index (Phi) is 3.03. The van der Waals surface area contributed by atoms with Gasteiger partial charge < -0.3 is 26.4 Å². The molecule has 0 aromatic rings. The molecule has 1 aliphatic rings. The summed E-state index contributed by atoms with van der Waals surface area (Å²) in [6.45, 7) is 1.94. The van der Waals surface area contributed by atoms with Crippen LogP contribution in [0, 0.1) is 0 Å². The molecule has 0 aromatic carbocycles. The zero-order valence-electron chi connectivity index (χ0n) is 7.05. The first-order valence-electron chi connectivity index (χ1n) is 4.05. The summed E-state index contributed by atoms with van der Waals surface area (Å²) in [5.74, 6) is 0. The Morgan fingerprint density at radius 2 is 1.92 bits per heavy atom. The van der Waals surface area contributed by atoms with Gasteiger partial charge in [-0.15, -0.1) is 0 Å². The minimum absolute atomic E-state index is 0.190. The smallest absolute Gasteiger partial charge is 0.109 e. The van der Waals surface area contributed by atoms with Crippen LogP contribution in [0.3, 0.4) is 0 Å². The van der Waals surface area contributed by atoms with Gasteiger partial charge in [-0.1, -0.05) is 0 Å². The third kappa shape index (κ3) is 1.60. The number of aliphatic hydroxyl groups is 2. The lowest BCUT2D eigenvalue weighted by Gasteiger charge is -2.39. The Labute approximate surface area is 71.3 Å². The van der Waals surface area contributed by atoms with E-state index >= 15 is 0 Å². The first kappa shape index (κ1) is 9.88. The summed E-state index contributed by atoms with van der Waals surface area (Å²) in [6, 6.07) is -0.539. The van der Waals surface area contributed by atoms with Crippen LogP contribution in [0.25, 0.3) is 0 Å². The molecular formula is C7H16N2O3. The van der Waals surface area contributed by atoms with Crippen molar-refractivity contribution in [2.45, 2.75) is 37.4 Å². The van der Waals surface area contributed by atoms with Gasteiger partial charge in [0, 0.05) is 6.54 Å². The van der Waals surface area contributed by atoms with Crippen molar-refractivity contribution in [2.75, 3.05) is 6.54 Å². The maximum absolute atomic E-state index is 9.41. The number of aliphatic hydroxyl groups excluding tert-OH is 2. The summed E-state index contributed by atoms with van der Waals surface area (Å²) in [5.41, 5.74) is 10.9. The number of hydrogen-bond acceptors (Lipinski definition) is 5. The van der Waals surface area contributed by atoms with Crippen LogP contribution < -0.4 is 11.5 Å². The van der Waals surface area contributed by atoms with Crippen molar-refractivity contribution in [1.29, 1.82) is 0 Å². The molecule has 1 rings (SSSR count). The summed E-state index contributed by atoms with van der Waals surface area (Å²) in [4.78, 5) is 0. The third-order valence-electron chi connectivity index (χ3n) is 2.29. The molecule has 0 spiro atoms. The second-order valence-corrected chi connectivity index (χ2v) is 3.17. The van der Waals surface area contributed by atoms with Crippen molar-refractivity contribution in [1.82, 2.24) is 0 Å². The van der Waals surface area contributed by atoms with Crippen LogP contribution in [-0.4, -0.2) is 47.2 Å². The highest BCUT2D eigenvalue weighted by Gasteiger charge is 2.39. The van der Waals surface area contributed by atoms with E-state index in [1.807, 2.05) is 0 Å². The summed E-state index contributed by atoms with van der Waals surface area (Å²) < 4.78 is 5.27. The molecule has 1 heterocycles. The van der Waals surface area contributed by atoms with Crippen LogP contribution in [0.2, 0.25) is 0 Å². The average molecular weight is 176 g/mol. The second kappa shape index (κ2) is 3.68.